The van der Waals surface area contributed by atoms with E-state index in [1.165, 1.54) is 18.6 Å². The van der Waals surface area contributed by atoms with Crippen molar-refractivity contribution in [1.29, 1.82) is 0 Å². The van der Waals surface area contributed by atoms with Crippen molar-refractivity contribution in [1.82, 2.24) is 24.5 Å². The predicted octanol–water partition coefficient (Wildman–Crippen LogP) is -0.270. The summed E-state index contributed by atoms with van der Waals surface area (Å²) in [6.45, 7) is 0.0664. The van der Waals surface area contributed by atoms with Crippen LogP contribution in [0.3, 0.4) is 0 Å². The van der Waals surface area contributed by atoms with E-state index < -0.39 is 10.0 Å². The van der Waals surface area contributed by atoms with Crippen molar-refractivity contribution in [2.24, 2.45) is 7.05 Å². The van der Waals surface area contributed by atoms with E-state index in [1.54, 1.807) is 24.7 Å². The minimum absolute atomic E-state index is 0.0664. The van der Waals surface area contributed by atoms with Crippen LogP contribution in [0.1, 0.15) is 5.82 Å². The molecule has 0 fully saturated rings. The SMILES string of the molecule is CNc1ncccc1S(=O)(=O)NCc1nncn1C. The Labute approximate surface area is 110 Å². The molecule has 8 nitrogen and oxygen atoms in total. The summed E-state index contributed by atoms with van der Waals surface area (Å²) in [4.78, 5) is 4.06. The van der Waals surface area contributed by atoms with Crippen LogP contribution in [-0.4, -0.2) is 35.2 Å². The van der Waals surface area contributed by atoms with E-state index >= 15 is 0 Å². The first-order valence-corrected chi connectivity index (χ1v) is 6.98. The highest BCUT2D eigenvalue weighted by atomic mass is 32.2. The van der Waals surface area contributed by atoms with Gasteiger partial charge in [0.1, 0.15) is 22.9 Å². The summed E-state index contributed by atoms with van der Waals surface area (Å²) in [7, 11) is -0.294. The first kappa shape index (κ1) is 13.4. The molecule has 0 saturated heterocycles. The Morgan fingerprint density at radius 1 is 1.42 bits per heavy atom. The molecule has 2 aromatic rings. The van der Waals surface area contributed by atoms with Crippen LogP contribution in [0.5, 0.6) is 0 Å². The Hall–Kier alpha value is -2.00. The highest BCUT2D eigenvalue weighted by Crippen LogP contribution is 2.17. The molecule has 2 rings (SSSR count). The third kappa shape index (κ3) is 2.88. The van der Waals surface area contributed by atoms with Crippen LogP contribution >= 0.6 is 0 Å². The monoisotopic (exact) mass is 282 g/mol. The second kappa shape index (κ2) is 5.33. The average molecular weight is 282 g/mol. The van der Waals surface area contributed by atoms with Gasteiger partial charge in [0.05, 0.1) is 6.54 Å². The maximum Gasteiger partial charge on any atom is 0.244 e. The van der Waals surface area contributed by atoms with Crippen LogP contribution in [-0.2, 0) is 23.6 Å². The molecule has 0 aromatic carbocycles. The predicted molar refractivity (Wildman–Crippen MR) is 68.8 cm³/mol. The molecule has 2 heterocycles. The first-order chi connectivity index (χ1) is 9.04. The normalized spacial score (nSPS) is 11.5. The van der Waals surface area contributed by atoms with Crippen LogP contribution in [0.15, 0.2) is 29.6 Å². The molecule has 9 heteroatoms. The lowest BCUT2D eigenvalue weighted by Crippen LogP contribution is -2.25. The van der Waals surface area contributed by atoms with E-state index in [2.05, 4.69) is 25.2 Å². The van der Waals surface area contributed by atoms with Crippen molar-refractivity contribution in [3.05, 3.63) is 30.5 Å². The maximum absolute atomic E-state index is 12.2. The molecule has 0 radical (unpaired) electrons. The van der Waals surface area contributed by atoms with Gasteiger partial charge >= 0.3 is 0 Å². The molecular formula is C10H14N6O2S. The summed E-state index contributed by atoms with van der Waals surface area (Å²) < 4.78 is 28.4. The molecule has 0 saturated carbocycles. The van der Waals surface area contributed by atoms with Crippen LogP contribution in [0.25, 0.3) is 0 Å². The molecule has 2 aromatic heterocycles. The lowest BCUT2D eigenvalue weighted by Gasteiger charge is -2.09. The van der Waals surface area contributed by atoms with Crippen molar-refractivity contribution in [3.8, 4) is 0 Å². The molecule has 0 aliphatic heterocycles. The summed E-state index contributed by atoms with van der Waals surface area (Å²) in [5.41, 5.74) is 0. The van der Waals surface area contributed by atoms with Gasteiger partial charge in [-0.15, -0.1) is 10.2 Å². The van der Waals surface area contributed by atoms with Crippen molar-refractivity contribution in [2.45, 2.75) is 11.4 Å². The Morgan fingerprint density at radius 2 is 2.21 bits per heavy atom. The number of anilines is 1. The summed E-state index contributed by atoms with van der Waals surface area (Å²) in [6.07, 6.45) is 3.03. The van der Waals surface area contributed by atoms with Gasteiger partial charge in [-0.05, 0) is 12.1 Å². The third-order valence-corrected chi connectivity index (χ3v) is 3.96. The largest absolute Gasteiger partial charge is 0.372 e. The zero-order valence-corrected chi connectivity index (χ0v) is 11.3. The van der Waals surface area contributed by atoms with Crippen LogP contribution in [0.2, 0.25) is 0 Å². The molecule has 102 valence electrons. The smallest absolute Gasteiger partial charge is 0.244 e. The second-order valence-electron chi connectivity index (χ2n) is 3.78. The zero-order chi connectivity index (χ0) is 13.9. The fourth-order valence-electron chi connectivity index (χ4n) is 1.50. The highest BCUT2D eigenvalue weighted by Gasteiger charge is 2.19. The van der Waals surface area contributed by atoms with Gasteiger partial charge in [-0.2, -0.15) is 0 Å². The van der Waals surface area contributed by atoms with Gasteiger partial charge < -0.3 is 9.88 Å². The quantitative estimate of drug-likeness (QED) is 0.782. The van der Waals surface area contributed by atoms with E-state index in [1.807, 2.05) is 0 Å². The minimum atomic E-state index is -3.65. The third-order valence-electron chi connectivity index (χ3n) is 2.52. The summed E-state index contributed by atoms with van der Waals surface area (Å²) >= 11 is 0. The van der Waals surface area contributed by atoms with E-state index in [-0.39, 0.29) is 11.4 Å². The molecule has 0 spiro atoms. The van der Waals surface area contributed by atoms with Gasteiger partial charge in [0.15, 0.2) is 0 Å². The molecule has 0 unspecified atom stereocenters. The highest BCUT2D eigenvalue weighted by molar-refractivity contribution is 7.89. The van der Waals surface area contributed by atoms with E-state index in [4.69, 9.17) is 0 Å². The van der Waals surface area contributed by atoms with Crippen LogP contribution < -0.4 is 10.0 Å². The van der Waals surface area contributed by atoms with E-state index in [0.29, 0.717) is 11.6 Å². The van der Waals surface area contributed by atoms with Gasteiger partial charge in [0.2, 0.25) is 10.0 Å². The summed E-state index contributed by atoms with van der Waals surface area (Å²) in [6, 6.07) is 3.05. The van der Waals surface area contributed by atoms with Crippen molar-refractivity contribution in [3.63, 3.8) is 0 Å². The summed E-state index contributed by atoms with van der Waals surface area (Å²) in [5.74, 6) is 0.825. The van der Waals surface area contributed by atoms with Gasteiger partial charge in [-0.25, -0.2) is 18.1 Å². The van der Waals surface area contributed by atoms with Crippen LogP contribution in [0.4, 0.5) is 5.82 Å². The van der Waals surface area contributed by atoms with Gasteiger partial charge in [-0.1, -0.05) is 0 Å². The number of nitrogens with one attached hydrogen (secondary N) is 2. The Balaban J connectivity index is 2.21. The number of sulfonamides is 1. The Morgan fingerprint density at radius 3 is 2.84 bits per heavy atom. The average Bonchev–Trinajstić information content (AvgIpc) is 2.82. The van der Waals surface area contributed by atoms with E-state index in [9.17, 15) is 8.42 Å². The maximum atomic E-state index is 12.2. The number of hydrogen-bond acceptors (Lipinski definition) is 6. The number of rotatable bonds is 5. The van der Waals surface area contributed by atoms with Crippen molar-refractivity contribution in [2.75, 3.05) is 12.4 Å². The molecule has 0 aliphatic rings. The number of aryl methyl sites for hydroxylation is 1. The first-order valence-electron chi connectivity index (χ1n) is 5.50. The molecular weight excluding hydrogens is 268 g/mol. The van der Waals surface area contributed by atoms with Crippen LogP contribution in [0, 0.1) is 0 Å². The molecule has 0 atom stereocenters. The number of aromatic nitrogens is 4. The van der Waals surface area contributed by atoms with Crippen molar-refractivity contribution < 1.29 is 8.42 Å². The number of nitrogens with zero attached hydrogens (tertiary/aromatic N) is 4. The minimum Gasteiger partial charge on any atom is -0.372 e. The van der Waals surface area contributed by atoms with Crippen molar-refractivity contribution >= 4 is 15.8 Å². The lowest BCUT2D eigenvalue weighted by atomic mass is 10.5. The molecule has 0 aliphatic carbocycles. The fraction of sp³-hybridized carbons (Fsp3) is 0.300. The van der Waals surface area contributed by atoms with Gasteiger partial charge in [0.25, 0.3) is 0 Å². The van der Waals surface area contributed by atoms with E-state index in [0.717, 1.165) is 0 Å². The van der Waals surface area contributed by atoms with Gasteiger partial charge in [-0.3, -0.25) is 0 Å². The topological polar surface area (TPSA) is 102 Å². The molecule has 2 N–H and O–H groups in total. The second-order valence-corrected chi connectivity index (χ2v) is 5.52. The number of hydrogen-bond donors (Lipinski definition) is 2. The molecule has 19 heavy (non-hydrogen) atoms. The Bertz CT molecular complexity index is 666. The number of pyridine rings is 1. The standard InChI is InChI=1S/C10H14N6O2S/c1-11-10-8(4-3-5-12-10)19(17,18)14-6-9-15-13-7-16(9)2/h3-5,7,14H,6H2,1-2H3,(H,11,12). The fourth-order valence-corrected chi connectivity index (χ4v) is 2.64. The van der Waals surface area contributed by atoms with Gasteiger partial charge in [0, 0.05) is 20.3 Å². The zero-order valence-electron chi connectivity index (χ0n) is 10.5. The Kier molecular flexibility index (Phi) is 3.76. The summed E-state index contributed by atoms with van der Waals surface area (Å²) in [5, 5.41) is 10.2. The molecule has 0 amide bonds. The molecule has 0 bridgehead atoms. The lowest BCUT2D eigenvalue weighted by molar-refractivity contribution is 0.577.